The number of carbonyl (C=O) groups is 2. The minimum Gasteiger partial charge on any atom is -0.548 e. The Morgan fingerprint density at radius 1 is 1.00 bits per heavy atom. The van der Waals surface area contributed by atoms with Gasteiger partial charge in [0, 0.05) is 5.57 Å². The summed E-state index contributed by atoms with van der Waals surface area (Å²) in [5.41, 5.74) is 0.475. The number of carbonyl (C=O) groups excluding carboxylic acids is 2. The number of unbranched alkanes of at least 4 members (excludes halogenated alkanes) is 5. The van der Waals surface area contributed by atoms with Crippen molar-refractivity contribution in [2.45, 2.75) is 65.7 Å². The molecule has 7 nitrogen and oxygen atoms in total. The number of nitrogens with zero attached hydrogens (tertiary/aromatic N) is 3. The Kier molecular flexibility index (Phi) is 17.4. The summed E-state index contributed by atoms with van der Waals surface area (Å²) in [4.78, 5) is 20.9. The summed E-state index contributed by atoms with van der Waals surface area (Å²) < 4.78 is 6.09. The highest BCUT2D eigenvalue weighted by molar-refractivity contribution is 5.86. The lowest BCUT2D eigenvalue weighted by Gasteiger charge is -2.29. The predicted octanol–water partition coefficient (Wildman–Crippen LogP) is 2.97. The third kappa shape index (κ3) is 19.0. The molecule has 30 heavy (non-hydrogen) atoms. The van der Waals surface area contributed by atoms with E-state index in [-0.39, 0.29) is 5.97 Å². The van der Waals surface area contributed by atoms with Gasteiger partial charge in [0.2, 0.25) is 0 Å². The molecule has 0 bridgehead atoms. The van der Waals surface area contributed by atoms with Crippen molar-refractivity contribution in [2.75, 3.05) is 33.8 Å². The Morgan fingerprint density at radius 2 is 1.50 bits per heavy atom. The van der Waals surface area contributed by atoms with Crippen molar-refractivity contribution in [1.82, 2.24) is 0 Å². The Labute approximate surface area is 182 Å². The number of ether oxygens (including phenoxy) is 1. The molecule has 7 heteroatoms. The van der Waals surface area contributed by atoms with E-state index in [2.05, 4.69) is 34.5 Å². The molecule has 0 aromatic carbocycles. The van der Waals surface area contributed by atoms with Crippen LogP contribution in [-0.2, 0) is 14.3 Å². The quantitative estimate of drug-likeness (QED) is 0.184. The van der Waals surface area contributed by atoms with Crippen LogP contribution in [0.5, 0.6) is 0 Å². The van der Waals surface area contributed by atoms with Gasteiger partial charge in [-0.05, 0) is 25.7 Å². The van der Waals surface area contributed by atoms with Crippen LogP contribution in [-0.4, -0.2) is 50.2 Å². The second-order valence-corrected chi connectivity index (χ2v) is 8.61. The van der Waals surface area contributed by atoms with Crippen molar-refractivity contribution >= 4 is 11.9 Å². The Morgan fingerprint density at radius 3 is 1.90 bits per heavy atom. The summed E-state index contributed by atoms with van der Waals surface area (Å²) in [6.07, 6.45) is 9.42. The topological polar surface area (TPSA) is 114 Å². The first-order valence-electron chi connectivity index (χ1n) is 10.6. The zero-order valence-corrected chi connectivity index (χ0v) is 19.4. The fourth-order valence-electron chi connectivity index (χ4n) is 2.55. The van der Waals surface area contributed by atoms with Gasteiger partial charge in [-0.1, -0.05) is 52.5 Å². The van der Waals surface area contributed by atoms with Crippen LogP contribution in [0.3, 0.4) is 0 Å². The lowest BCUT2D eigenvalue weighted by atomic mass is 10.0. The zero-order valence-electron chi connectivity index (χ0n) is 19.4. The van der Waals surface area contributed by atoms with Gasteiger partial charge in [0.05, 0.1) is 38.7 Å². The second kappa shape index (κ2) is 17.5. The van der Waals surface area contributed by atoms with Crippen LogP contribution in [0.4, 0.5) is 0 Å². The average molecular weight is 422 g/mol. The van der Waals surface area contributed by atoms with Crippen molar-refractivity contribution in [3.05, 3.63) is 12.2 Å². The number of likely N-dealkylation sites (N-methyl/N-ethyl adjacent to an activating group) is 1. The number of hydrogen-bond acceptors (Lipinski definition) is 6. The highest BCUT2D eigenvalue weighted by atomic mass is 16.5. The molecule has 0 fully saturated rings. The number of quaternary nitrogens is 1. The second-order valence-electron chi connectivity index (χ2n) is 8.61. The van der Waals surface area contributed by atoms with Crippen LogP contribution < -0.4 is 5.11 Å². The maximum Gasteiger partial charge on any atom is 0.333 e. The molecule has 0 aromatic rings. The van der Waals surface area contributed by atoms with Gasteiger partial charge >= 0.3 is 5.97 Å². The Bertz CT molecular complexity index is 587. The van der Waals surface area contributed by atoms with Crippen molar-refractivity contribution in [3.8, 4) is 12.1 Å². The first-order chi connectivity index (χ1) is 14.0. The van der Waals surface area contributed by atoms with E-state index in [1.165, 1.54) is 57.1 Å². The van der Waals surface area contributed by atoms with E-state index in [1.54, 1.807) is 6.92 Å². The number of nitriles is 2. The van der Waals surface area contributed by atoms with E-state index in [0.717, 1.165) is 23.5 Å². The molecule has 0 amide bonds. The number of aliphatic carboxylic acids is 1. The number of hydrogen-bond donors (Lipinski definition) is 0. The van der Waals surface area contributed by atoms with Gasteiger partial charge < -0.3 is 19.1 Å². The van der Waals surface area contributed by atoms with Crippen LogP contribution in [0.25, 0.3) is 0 Å². The molecule has 0 radical (unpaired) electrons. The molecule has 0 unspecified atom stereocenters. The maximum absolute atomic E-state index is 11.3. The van der Waals surface area contributed by atoms with Crippen LogP contribution in [0.1, 0.15) is 65.7 Å². The minimum atomic E-state index is -1.64. The lowest BCUT2D eigenvalue weighted by molar-refractivity contribution is -0.890. The molecule has 0 aliphatic rings. The average Bonchev–Trinajstić information content (AvgIpc) is 2.64. The van der Waals surface area contributed by atoms with E-state index >= 15 is 0 Å². The Hall–Kier alpha value is -2.38. The monoisotopic (exact) mass is 421 g/mol. The van der Waals surface area contributed by atoms with E-state index in [4.69, 9.17) is 15.3 Å². The summed E-state index contributed by atoms with van der Waals surface area (Å²) in [5, 5.41) is 25.2. The molecule has 0 saturated carbocycles. The molecule has 170 valence electrons. The van der Waals surface area contributed by atoms with Gasteiger partial charge in [0.15, 0.2) is 5.92 Å². The lowest BCUT2D eigenvalue weighted by Crippen LogP contribution is -2.43. The predicted molar refractivity (Wildman–Crippen MR) is 114 cm³/mol. The number of esters is 1. The van der Waals surface area contributed by atoms with Gasteiger partial charge in [-0.25, -0.2) is 4.79 Å². The first-order valence-corrected chi connectivity index (χ1v) is 10.6. The molecule has 0 aromatic heterocycles. The first kappa shape index (κ1) is 29.8. The third-order valence-corrected chi connectivity index (χ3v) is 4.57. The van der Waals surface area contributed by atoms with Gasteiger partial charge in [-0.2, -0.15) is 10.5 Å². The zero-order chi connectivity index (χ0) is 23.6. The van der Waals surface area contributed by atoms with E-state index in [0.29, 0.717) is 12.2 Å². The van der Waals surface area contributed by atoms with Crippen molar-refractivity contribution in [2.24, 2.45) is 11.8 Å². The summed E-state index contributed by atoms with van der Waals surface area (Å²) in [5.74, 6) is -2.71. The Balaban J connectivity index is 0. The van der Waals surface area contributed by atoms with Gasteiger partial charge in [-0.15, -0.1) is 0 Å². The number of rotatable bonds is 14. The van der Waals surface area contributed by atoms with Crippen LogP contribution in [0.2, 0.25) is 0 Å². The van der Waals surface area contributed by atoms with Crippen molar-refractivity contribution in [3.63, 3.8) is 0 Å². The van der Waals surface area contributed by atoms with Crippen molar-refractivity contribution < 1.29 is 23.9 Å². The molecular formula is C23H39N3O4. The number of carboxylic acids is 1. The highest BCUT2D eigenvalue weighted by Crippen LogP contribution is 2.12. The minimum absolute atomic E-state index is 0.276. The van der Waals surface area contributed by atoms with Crippen LogP contribution in [0, 0.1) is 34.5 Å². The standard InChI is InChI=1S/C19H38NO2.C4H2N2O2/c1-17(2)13-11-9-7-8-10-12-14-20(5,6)15-16-22-19(21)18(3)4;5-1-3(2-6)4(7)8/h17H,3,7-16H2,1-2,4-6H3;3H,(H,7,8)/q+1;/p-1. The molecule has 0 aliphatic heterocycles. The molecule has 0 atom stereocenters. The largest absolute Gasteiger partial charge is 0.548 e. The van der Waals surface area contributed by atoms with Crippen molar-refractivity contribution in [1.29, 1.82) is 10.5 Å². The molecular weight excluding hydrogens is 382 g/mol. The molecule has 0 aliphatic carbocycles. The molecule has 0 rings (SSSR count). The van der Waals surface area contributed by atoms with E-state index in [1.807, 2.05) is 0 Å². The fraction of sp³-hybridized carbons (Fsp3) is 0.739. The van der Waals surface area contributed by atoms with Gasteiger partial charge in [-0.3, -0.25) is 0 Å². The normalized spacial score (nSPS) is 10.6. The maximum atomic E-state index is 11.3. The smallest absolute Gasteiger partial charge is 0.333 e. The highest BCUT2D eigenvalue weighted by Gasteiger charge is 2.15. The molecule has 0 heterocycles. The van der Waals surface area contributed by atoms with Crippen LogP contribution >= 0.6 is 0 Å². The SMILES string of the molecule is C=C(C)C(=O)OCC[N+](C)(C)CCCCCCCCC(C)C.N#CC(C#N)C(=O)[O-]. The molecule has 0 spiro atoms. The van der Waals surface area contributed by atoms with Gasteiger partial charge in [0.25, 0.3) is 0 Å². The summed E-state index contributed by atoms with van der Waals surface area (Å²) in [6.45, 7) is 12.4. The fourth-order valence-corrected chi connectivity index (χ4v) is 2.55. The number of carboxylic acid groups (broad SMARTS) is 1. The van der Waals surface area contributed by atoms with Gasteiger partial charge in [0.1, 0.15) is 13.2 Å². The summed E-state index contributed by atoms with van der Waals surface area (Å²) in [6, 6.07) is 2.46. The van der Waals surface area contributed by atoms with E-state index < -0.39 is 11.9 Å². The summed E-state index contributed by atoms with van der Waals surface area (Å²) >= 11 is 0. The third-order valence-electron chi connectivity index (χ3n) is 4.57. The molecule has 0 N–H and O–H groups in total. The van der Waals surface area contributed by atoms with E-state index in [9.17, 15) is 14.7 Å². The summed E-state index contributed by atoms with van der Waals surface area (Å²) in [7, 11) is 4.41. The van der Waals surface area contributed by atoms with Crippen LogP contribution in [0.15, 0.2) is 12.2 Å². The molecule has 0 saturated heterocycles.